The van der Waals surface area contributed by atoms with Crippen LogP contribution in [-0.2, 0) is 13.0 Å². The number of aromatic nitrogens is 1. The number of halogens is 2. The van der Waals surface area contributed by atoms with E-state index in [9.17, 15) is 8.78 Å². The van der Waals surface area contributed by atoms with Crippen molar-refractivity contribution in [3.63, 3.8) is 0 Å². The maximum Gasteiger partial charge on any atom is 0.104 e. The standard InChI is InChI=1S/C20H21F2N3S/c21-9-14(10-22)6-16-12-25(17-3-1-2-15(8-17)20(24)26)19-5-4-13(11-23)7-18(16)19/h1-5,7-8,12,14H,6,9-11,23H2,(H2,24,26). The number of hydrogen-bond acceptors (Lipinski definition) is 2. The molecule has 0 bridgehead atoms. The number of hydrogen-bond donors (Lipinski definition) is 2. The zero-order chi connectivity index (χ0) is 18.7. The predicted octanol–water partition coefficient (Wildman–Crippen LogP) is 3.82. The molecule has 26 heavy (non-hydrogen) atoms. The van der Waals surface area contributed by atoms with E-state index < -0.39 is 19.3 Å². The van der Waals surface area contributed by atoms with Crippen LogP contribution in [0.3, 0.4) is 0 Å². The van der Waals surface area contributed by atoms with Crippen molar-refractivity contribution in [2.24, 2.45) is 17.4 Å². The lowest BCUT2D eigenvalue weighted by atomic mass is 10.0. The Kier molecular flexibility index (Phi) is 5.64. The molecule has 1 heterocycles. The van der Waals surface area contributed by atoms with E-state index in [1.807, 2.05) is 53.2 Å². The van der Waals surface area contributed by atoms with Crippen LogP contribution in [0.5, 0.6) is 0 Å². The molecule has 0 saturated heterocycles. The molecular weight excluding hydrogens is 352 g/mol. The molecule has 0 fully saturated rings. The van der Waals surface area contributed by atoms with E-state index in [1.54, 1.807) is 0 Å². The summed E-state index contributed by atoms with van der Waals surface area (Å²) in [6.07, 6.45) is 2.27. The molecule has 136 valence electrons. The van der Waals surface area contributed by atoms with Crippen LogP contribution in [0.4, 0.5) is 8.78 Å². The summed E-state index contributed by atoms with van der Waals surface area (Å²) >= 11 is 5.07. The average Bonchev–Trinajstić information content (AvgIpc) is 3.03. The van der Waals surface area contributed by atoms with E-state index in [4.69, 9.17) is 23.7 Å². The largest absolute Gasteiger partial charge is 0.389 e. The highest BCUT2D eigenvalue weighted by Gasteiger charge is 2.16. The van der Waals surface area contributed by atoms with Crippen molar-refractivity contribution in [1.29, 1.82) is 0 Å². The number of fused-ring (bicyclic) bond motifs is 1. The monoisotopic (exact) mass is 373 g/mol. The van der Waals surface area contributed by atoms with Crippen molar-refractivity contribution >= 4 is 28.1 Å². The summed E-state index contributed by atoms with van der Waals surface area (Å²) in [6, 6.07) is 13.5. The van der Waals surface area contributed by atoms with Gasteiger partial charge in [0.2, 0.25) is 0 Å². The van der Waals surface area contributed by atoms with Crippen molar-refractivity contribution < 1.29 is 8.78 Å². The van der Waals surface area contributed by atoms with Crippen molar-refractivity contribution in [2.75, 3.05) is 13.3 Å². The summed E-state index contributed by atoms with van der Waals surface area (Å²) in [7, 11) is 0. The molecule has 2 aromatic carbocycles. The predicted molar refractivity (Wildman–Crippen MR) is 106 cm³/mol. The van der Waals surface area contributed by atoms with Crippen LogP contribution >= 0.6 is 12.2 Å². The van der Waals surface area contributed by atoms with Crippen LogP contribution in [0.1, 0.15) is 16.7 Å². The summed E-state index contributed by atoms with van der Waals surface area (Å²) in [4.78, 5) is 0.323. The molecule has 1 aromatic heterocycles. The fourth-order valence-electron chi connectivity index (χ4n) is 3.12. The molecule has 0 unspecified atom stereocenters. The Balaban J connectivity index is 2.16. The second-order valence-corrected chi connectivity index (χ2v) is 6.81. The number of rotatable bonds is 7. The Hall–Kier alpha value is -2.31. The van der Waals surface area contributed by atoms with Crippen LogP contribution in [0.25, 0.3) is 16.6 Å². The van der Waals surface area contributed by atoms with Crippen molar-refractivity contribution in [3.05, 3.63) is 65.4 Å². The molecule has 0 spiro atoms. The van der Waals surface area contributed by atoms with Gasteiger partial charge in [0.1, 0.15) is 4.99 Å². The second kappa shape index (κ2) is 7.93. The molecule has 0 radical (unpaired) electrons. The molecule has 6 heteroatoms. The van der Waals surface area contributed by atoms with Gasteiger partial charge >= 0.3 is 0 Å². The maximum absolute atomic E-state index is 13.1. The first-order chi connectivity index (χ1) is 12.6. The Morgan fingerprint density at radius 2 is 1.88 bits per heavy atom. The Bertz CT molecular complexity index is 932. The molecule has 3 nitrogen and oxygen atoms in total. The highest BCUT2D eigenvalue weighted by molar-refractivity contribution is 7.80. The van der Waals surface area contributed by atoms with E-state index in [2.05, 4.69) is 0 Å². The van der Waals surface area contributed by atoms with Crippen molar-refractivity contribution in [2.45, 2.75) is 13.0 Å². The molecule has 0 amide bonds. The summed E-state index contributed by atoms with van der Waals surface area (Å²) in [5.41, 5.74) is 16.0. The van der Waals surface area contributed by atoms with Gasteiger partial charge < -0.3 is 16.0 Å². The number of nitrogens with zero attached hydrogens (tertiary/aromatic N) is 1. The normalized spacial score (nSPS) is 11.4. The van der Waals surface area contributed by atoms with E-state index in [1.165, 1.54) is 0 Å². The zero-order valence-corrected chi connectivity index (χ0v) is 15.1. The Labute approximate surface area is 156 Å². The number of nitrogens with two attached hydrogens (primary N) is 2. The molecule has 0 saturated carbocycles. The SMILES string of the molecule is NCc1ccc2c(c1)c(CC(CF)CF)cn2-c1cccc(C(N)=S)c1. The van der Waals surface area contributed by atoms with Crippen LogP contribution in [-0.4, -0.2) is 22.9 Å². The summed E-state index contributed by atoms with van der Waals surface area (Å²) < 4.78 is 28.1. The molecule has 0 aliphatic carbocycles. The first-order valence-corrected chi connectivity index (χ1v) is 8.83. The summed E-state index contributed by atoms with van der Waals surface area (Å²) in [6.45, 7) is -0.958. The van der Waals surface area contributed by atoms with Gasteiger partial charge in [0.25, 0.3) is 0 Å². The van der Waals surface area contributed by atoms with Gasteiger partial charge in [0, 0.05) is 35.3 Å². The third kappa shape index (κ3) is 3.61. The Morgan fingerprint density at radius 3 is 2.54 bits per heavy atom. The minimum atomic E-state index is -0.684. The molecule has 3 rings (SSSR count). The lowest BCUT2D eigenvalue weighted by Gasteiger charge is -2.08. The fourth-order valence-corrected chi connectivity index (χ4v) is 3.25. The first kappa shape index (κ1) is 18.5. The maximum atomic E-state index is 13.1. The summed E-state index contributed by atoms with van der Waals surface area (Å²) in [5.74, 6) is -0.640. The highest BCUT2D eigenvalue weighted by Crippen LogP contribution is 2.28. The van der Waals surface area contributed by atoms with Crippen molar-refractivity contribution in [1.82, 2.24) is 4.57 Å². The molecule has 0 atom stereocenters. The first-order valence-electron chi connectivity index (χ1n) is 8.42. The van der Waals surface area contributed by atoms with Gasteiger partial charge in [-0.15, -0.1) is 0 Å². The number of thiocarbonyl (C=S) groups is 1. The molecule has 0 aliphatic rings. The minimum Gasteiger partial charge on any atom is -0.389 e. The third-order valence-corrected chi connectivity index (χ3v) is 4.78. The average molecular weight is 373 g/mol. The van der Waals surface area contributed by atoms with Gasteiger partial charge in [-0.25, -0.2) is 0 Å². The smallest absolute Gasteiger partial charge is 0.104 e. The lowest BCUT2D eigenvalue weighted by Crippen LogP contribution is -2.10. The lowest BCUT2D eigenvalue weighted by molar-refractivity contribution is 0.288. The van der Waals surface area contributed by atoms with Gasteiger partial charge in [0.15, 0.2) is 0 Å². The van der Waals surface area contributed by atoms with E-state index in [0.29, 0.717) is 18.0 Å². The quantitative estimate of drug-likeness (QED) is 0.619. The van der Waals surface area contributed by atoms with Gasteiger partial charge in [-0.1, -0.05) is 30.4 Å². The number of alkyl halides is 2. The van der Waals surface area contributed by atoms with Gasteiger partial charge in [-0.3, -0.25) is 8.78 Å². The summed E-state index contributed by atoms with van der Waals surface area (Å²) in [5, 5.41) is 0.959. The third-order valence-electron chi connectivity index (χ3n) is 4.54. The Morgan fingerprint density at radius 1 is 1.12 bits per heavy atom. The number of benzene rings is 2. The van der Waals surface area contributed by atoms with E-state index in [-0.39, 0.29) is 0 Å². The van der Waals surface area contributed by atoms with Gasteiger partial charge in [-0.05, 0) is 41.8 Å². The topological polar surface area (TPSA) is 57.0 Å². The molecule has 0 aliphatic heterocycles. The van der Waals surface area contributed by atoms with E-state index >= 15 is 0 Å². The van der Waals surface area contributed by atoms with E-state index in [0.717, 1.165) is 33.3 Å². The van der Waals surface area contributed by atoms with Gasteiger partial charge in [-0.2, -0.15) is 0 Å². The zero-order valence-electron chi connectivity index (χ0n) is 14.3. The van der Waals surface area contributed by atoms with Crippen LogP contribution in [0, 0.1) is 5.92 Å². The highest BCUT2D eigenvalue weighted by atomic mass is 32.1. The molecule has 3 aromatic rings. The van der Waals surface area contributed by atoms with Crippen LogP contribution in [0.15, 0.2) is 48.7 Å². The van der Waals surface area contributed by atoms with Crippen LogP contribution < -0.4 is 11.5 Å². The minimum absolute atomic E-state index is 0.323. The molecule has 4 N–H and O–H groups in total. The second-order valence-electron chi connectivity index (χ2n) is 6.37. The van der Waals surface area contributed by atoms with Crippen molar-refractivity contribution in [3.8, 4) is 5.69 Å². The molecular formula is C20H21F2N3S. The fraction of sp³-hybridized carbons (Fsp3) is 0.250. The van der Waals surface area contributed by atoms with Gasteiger partial charge in [0.05, 0.1) is 18.9 Å². The van der Waals surface area contributed by atoms with Crippen LogP contribution in [0.2, 0.25) is 0 Å².